The van der Waals surface area contributed by atoms with Crippen LogP contribution in [0, 0.1) is 0 Å². The van der Waals surface area contributed by atoms with Crippen molar-refractivity contribution in [2.24, 2.45) is 0 Å². The summed E-state index contributed by atoms with van der Waals surface area (Å²) < 4.78 is 0. The number of hydrogen-bond donors (Lipinski definition) is 4. The van der Waals surface area contributed by atoms with E-state index >= 15 is 0 Å². The molecule has 2 heterocycles. The normalized spacial score (nSPS) is 14.8. The van der Waals surface area contributed by atoms with Gasteiger partial charge in [-0.3, -0.25) is 4.79 Å². The van der Waals surface area contributed by atoms with E-state index in [2.05, 4.69) is 20.3 Å². The summed E-state index contributed by atoms with van der Waals surface area (Å²) in [5.41, 5.74) is 14.6. The molecule has 2 aromatic heterocycles. The van der Waals surface area contributed by atoms with Gasteiger partial charge in [0, 0.05) is 12.7 Å². The van der Waals surface area contributed by atoms with E-state index in [1.807, 2.05) is 30.3 Å². The minimum absolute atomic E-state index is 0.0366. The fourth-order valence-electron chi connectivity index (χ4n) is 3.10. The molecule has 0 saturated heterocycles. The summed E-state index contributed by atoms with van der Waals surface area (Å²) >= 11 is 0. The second-order valence-corrected chi connectivity index (χ2v) is 6.62. The third kappa shape index (κ3) is 2.99. The number of imidazole rings is 1. The second-order valence-electron chi connectivity index (χ2n) is 6.62. The SMILES string of the molecule is Nc1ccc(C2(C(=O)NCc3ccc(-c4cnc(N)[nH]4)cc3)CC2)cn1. The number of benzene rings is 1. The Balaban J connectivity index is 1.41. The van der Waals surface area contributed by atoms with Gasteiger partial charge in [0.15, 0.2) is 5.95 Å². The van der Waals surface area contributed by atoms with Gasteiger partial charge in [0.25, 0.3) is 0 Å². The lowest BCUT2D eigenvalue weighted by molar-refractivity contribution is -0.123. The molecule has 0 spiro atoms. The highest BCUT2D eigenvalue weighted by Crippen LogP contribution is 2.48. The minimum Gasteiger partial charge on any atom is -0.384 e. The van der Waals surface area contributed by atoms with Crippen LogP contribution in [0.25, 0.3) is 11.3 Å². The van der Waals surface area contributed by atoms with Gasteiger partial charge in [-0.05, 0) is 35.6 Å². The number of nitrogens with one attached hydrogen (secondary N) is 2. The van der Waals surface area contributed by atoms with E-state index in [0.29, 0.717) is 18.3 Å². The lowest BCUT2D eigenvalue weighted by Crippen LogP contribution is -2.34. The van der Waals surface area contributed by atoms with Gasteiger partial charge in [-0.15, -0.1) is 0 Å². The van der Waals surface area contributed by atoms with Crippen molar-refractivity contribution in [3.8, 4) is 11.3 Å². The molecule has 6 N–H and O–H groups in total. The van der Waals surface area contributed by atoms with E-state index < -0.39 is 5.41 Å². The number of carbonyl (C=O) groups excluding carboxylic acids is 1. The molecule has 0 atom stereocenters. The average molecular weight is 348 g/mol. The van der Waals surface area contributed by atoms with E-state index in [1.165, 1.54) is 0 Å². The molecule has 0 unspecified atom stereocenters. The Labute approximate surface area is 150 Å². The van der Waals surface area contributed by atoms with E-state index in [9.17, 15) is 4.79 Å². The minimum atomic E-state index is -0.450. The number of anilines is 2. The highest BCUT2D eigenvalue weighted by molar-refractivity contribution is 5.91. The van der Waals surface area contributed by atoms with E-state index in [4.69, 9.17) is 11.5 Å². The number of hydrogen-bond acceptors (Lipinski definition) is 5. The molecular formula is C19H20N6O. The zero-order chi connectivity index (χ0) is 18.1. The molecule has 1 aliphatic carbocycles. The monoisotopic (exact) mass is 348 g/mol. The van der Waals surface area contributed by atoms with Crippen molar-refractivity contribution in [1.29, 1.82) is 0 Å². The number of nitrogen functional groups attached to an aromatic ring is 2. The number of carbonyl (C=O) groups is 1. The Bertz CT molecular complexity index is 925. The smallest absolute Gasteiger partial charge is 0.230 e. The van der Waals surface area contributed by atoms with Crippen LogP contribution in [0.3, 0.4) is 0 Å². The third-order valence-electron chi connectivity index (χ3n) is 4.84. The van der Waals surface area contributed by atoms with Gasteiger partial charge in [0.05, 0.1) is 17.3 Å². The van der Waals surface area contributed by atoms with Crippen molar-refractivity contribution in [2.45, 2.75) is 24.8 Å². The third-order valence-corrected chi connectivity index (χ3v) is 4.84. The topological polar surface area (TPSA) is 123 Å². The maximum absolute atomic E-state index is 12.7. The molecule has 1 amide bonds. The van der Waals surface area contributed by atoms with Crippen molar-refractivity contribution in [3.63, 3.8) is 0 Å². The first-order valence-corrected chi connectivity index (χ1v) is 8.47. The van der Waals surface area contributed by atoms with Gasteiger partial charge in [-0.2, -0.15) is 0 Å². The molecule has 1 aromatic carbocycles. The Morgan fingerprint density at radius 3 is 2.42 bits per heavy atom. The van der Waals surface area contributed by atoms with Gasteiger partial charge < -0.3 is 21.8 Å². The largest absolute Gasteiger partial charge is 0.384 e. The van der Waals surface area contributed by atoms with Crippen molar-refractivity contribution in [2.75, 3.05) is 11.5 Å². The van der Waals surface area contributed by atoms with Gasteiger partial charge >= 0.3 is 0 Å². The number of aromatic nitrogens is 3. The summed E-state index contributed by atoms with van der Waals surface area (Å²) in [6.45, 7) is 0.481. The van der Waals surface area contributed by atoms with Crippen LogP contribution in [-0.4, -0.2) is 20.9 Å². The van der Waals surface area contributed by atoms with Gasteiger partial charge in [-0.25, -0.2) is 9.97 Å². The molecule has 1 saturated carbocycles. The summed E-state index contributed by atoms with van der Waals surface area (Å²) in [6, 6.07) is 11.5. The van der Waals surface area contributed by atoms with Crippen LogP contribution in [0.2, 0.25) is 0 Å². The summed E-state index contributed by atoms with van der Waals surface area (Å²) in [7, 11) is 0. The molecule has 7 heteroatoms. The Morgan fingerprint density at radius 2 is 1.85 bits per heavy atom. The highest BCUT2D eigenvalue weighted by Gasteiger charge is 2.51. The second kappa shape index (κ2) is 6.18. The number of nitrogens with zero attached hydrogens (tertiary/aromatic N) is 2. The van der Waals surface area contributed by atoms with Crippen LogP contribution < -0.4 is 16.8 Å². The van der Waals surface area contributed by atoms with Crippen LogP contribution in [0.15, 0.2) is 48.8 Å². The lowest BCUT2D eigenvalue weighted by Gasteiger charge is -2.15. The number of aromatic amines is 1. The van der Waals surface area contributed by atoms with Gasteiger partial charge in [0.2, 0.25) is 5.91 Å². The number of pyridine rings is 1. The molecule has 0 bridgehead atoms. The number of amides is 1. The maximum Gasteiger partial charge on any atom is 0.230 e. The van der Waals surface area contributed by atoms with Crippen molar-refractivity contribution >= 4 is 17.7 Å². The molecular weight excluding hydrogens is 328 g/mol. The first-order valence-electron chi connectivity index (χ1n) is 8.47. The molecule has 1 fully saturated rings. The lowest BCUT2D eigenvalue weighted by atomic mass is 9.96. The zero-order valence-corrected chi connectivity index (χ0v) is 14.2. The quantitative estimate of drug-likeness (QED) is 0.561. The molecule has 0 aliphatic heterocycles. The van der Waals surface area contributed by atoms with E-state index in [-0.39, 0.29) is 5.91 Å². The molecule has 132 valence electrons. The van der Waals surface area contributed by atoms with Crippen LogP contribution in [0.5, 0.6) is 0 Å². The van der Waals surface area contributed by atoms with Gasteiger partial charge in [0.1, 0.15) is 5.82 Å². The summed E-state index contributed by atoms with van der Waals surface area (Å²) in [5.74, 6) is 0.891. The highest BCUT2D eigenvalue weighted by atomic mass is 16.2. The molecule has 0 radical (unpaired) electrons. The number of rotatable bonds is 5. The first-order chi connectivity index (χ1) is 12.6. The van der Waals surface area contributed by atoms with Crippen LogP contribution in [0.1, 0.15) is 24.0 Å². The van der Waals surface area contributed by atoms with E-state index in [1.54, 1.807) is 18.5 Å². The predicted octanol–water partition coefficient (Wildman–Crippen LogP) is 1.98. The molecule has 7 nitrogen and oxygen atoms in total. The molecule has 3 aromatic rings. The summed E-state index contributed by atoms with van der Waals surface area (Å²) in [4.78, 5) is 23.8. The van der Waals surface area contributed by atoms with Crippen LogP contribution >= 0.6 is 0 Å². The fraction of sp³-hybridized carbons (Fsp3) is 0.211. The maximum atomic E-state index is 12.7. The Kier molecular flexibility index (Phi) is 3.84. The summed E-state index contributed by atoms with van der Waals surface area (Å²) in [6.07, 6.45) is 5.08. The fourth-order valence-corrected chi connectivity index (χ4v) is 3.10. The van der Waals surface area contributed by atoms with Crippen LogP contribution in [-0.2, 0) is 16.8 Å². The standard InChI is InChI=1S/C19H20N6O/c20-16-6-5-14(10-22-16)19(7-8-19)17(26)23-9-12-1-3-13(4-2-12)15-11-24-18(21)25-15/h1-6,10-11H,7-9H2,(H2,20,22)(H,23,26)(H3,21,24,25). The predicted molar refractivity (Wildman–Crippen MR) is 99.8 cm³/mol. The first kappa shape index (κ1) is 16.1. The zero-order valence-electron chi connectivity index (χ0n) is 14.2. The van der Waals surface area contributed by atoms with Crippen molar-refractivity contribution in [3.05, 3.63) is 59.9 Å². The van der Waals surface area contributed by atoms with E-state index in [0.717, 1.165) is 35.2 Å². The van der Waals surface area contributed by atoms with Crippen molar-refractivity contribution in [1.82, 2.24) is 20.3 Å². The number of nitrogens with two attached hydrogens (primary N) is 2. The molecule has 1 aliphatic rings. The van der Waals surface area contributed by atoms with Crippen molar-refractivity contribution < 1.29 is 4.79 Å². The molecule has 4 rings (SSSR count). The number of H-pyrrole nitrogens is 1. The Hall–Kier alpha value is -3.35. The Morgan fingerprint density at radius 1 is 1.08 bits per heavy atom. The molecule has 26 heavy (non-hydrogen) atoms. The van der Waals surface area contributed by atoms with Gasteiger partial charge in [-0.1, -0.05) is 30.3 Å². The van der Waals surface area contributed by atoms with Crippen LogP contribution in [0.4, 0.5) is 11.8 Å². The average Bonchev–Trinajstić information content (AvgIpc) is 3.36. The summed E-state index contributed by atoms with van der Waals surface area (Å²) in [5, 5.41) is 3.04.